The molecule has 0 nitrogen and oxygen atoms in total. The number of hydrogen-bond acceptors (Lipinski definition) is 0. The van der Waals surface area contributed by atoms with Crippen molar-refractivity contribution in [3.63, 3.8) is 0 Å². The van der Waals surface area contributed by atoms with E-state index in [0.717, 1.165) is 10.8 Å². The van der Waals surface area contributed by atoms with Gasteiger partial charge in [0.15, 0.2) is 0 Å². The Hall–Kier alpha value is -3.19. The predicted octanol–water partition coefficient (Wildman–Crippen LogP) is 6.95. The Balaban J connectivity index is 2.05. The van der Waals surface area contributed by atoms with Gasteiger partial charge in [-0.05, 0) is 61.6 Å². The molecule has 0 aliphatic heterocycles. The summed E-state index contributed by atoms with van der Waals surface area (Å²) in [5.41, 5.74) is 2.36. The van der Waals surface area contributed by atoms with Crippen molar-refractivity contribution in [3.8, 4) is 11.1 Å². The van der Waals surface area contributed by atoms with Crippen molar-refractivity contribution < 1.29 is 4.39 Å². The number of benzene rings is 5. The second-order valence-corrected chi connectivity index (χ2v) is 6.36. The highest BCUT2D eigenvalue weighted by Gasteiger charge is 2.11. The lowest BCUT2D eigenvalue weighted by atomic mass is 9.90. The molecule has 0 bridgehead atoms. The molecule has 25 heavy (non-hydrogen) atoms. The van der Waals surface area contributed by atoms with E-state index < -0.39 is 0 Å². The zero-order valence-corrected chi connectivity index (χ0v) is 13.5. The van der Waals surface area contributed by atoms with Crippen LogP contribution in [0.5, 0.6) is 0 Å². The van der Waals surface area contributed by atoms with Crippen molar-refractivity contribution in [1.29, 1.82) is 0 Å². The second-order valence-electron chi connectivity index (χ2n) is 6.36. The van der Waals surface area contributed by atoms with Crippen molar-refractivity contribution in [2.24, 2.45) is 0 Å². The first-order chi connectivity index (χ1) is 12.3. The molecule has 5 aromatic rings. The van der Waals surface area contributed by atoms with Gasteiger partial charge in [-0.1, -0.05) is 72.8 Å². The molecule has 0 atom stereocenters. The summed E-state index contributed by atoms with van der Waals surface area (Å²) in [5.74, 6) is -0.200. The van der Waals surface area contributed by atoms with Gasteiger partial charge in [0, 0.05) is 0 Å². The van der Waals surface area contributed by atoms with Gasteiger partial charge in [-0.3, -0.25) is 0 Å². The molecule has 0 aliphatic rings. The minimum absolute atomic E-state index is 0.200. The van der Waals surface area contributed by atoms with E-state index in [-0.39, 0.29) is 5.82 Å². The summed E-state index contributed by atoms with van der Waals surface area (Å²) < 4.78 is 13.7. The van der Waals surface area contributed by atoms with Crippen LogP contribution in [0.25, 0.3) is 43.4 Å². The minimum atomic E-state index is -0.200. The number of halogens is 1. The van der Waals surface area contributed by atoms with E-state index >= 15 is 0 Å². The van der Waals surface area contributed by atoms with Crippen LogP contribution < -0.4 is 0 Å². The molecule has 0 saturated carbocycles. The molecule has 0 spiro atoms. The number of fused-ring (bicyclic) bond motifs is 5. The maximum atomic E-state index is 13.7. The van der Waals surface area contributed by atoms with Crippen LogP contribution in [0.4, 0.5) is 4.39 Å². The summed E-state index contributed by atoms with van der Waals surface area (Å²) in [6.07, 6.45) is 0. The Labute approximate surface area is 145 Å². The first kappa shape index (κ1) is 14.2. The van der Waals surface area contributed by atoms with Crippen LogP contribution in [0.2, 0.25) is 0 Å². The van der Waals surface area contributed by atoms with E-state index in [1.807, 2.05) is 18.2 Å². The van der Waals surface area contributed by atoms with Gasteiger partial charge >= 0.3 is 0 Å². The molecule has 0 fully saturated rings. The highest BCUT2D eigenvalue weighted by atomic mass is 19.1. The Morgan fingerprint density at radius 2 is 1.24 bits per heavy atom. The molecule has 0 saturated heterocycles. The highest BCUT2D eigenvalue weighted by Crippen LogP contribution is 2.39. The third-order valence-corrected chi connectivity index (χ3v) is 4.89. The highest BCUT2D eigenvalue weighted by molar-refractivity contribution is 6.22. The maximum absolute atomic E-state index is 13.7. The minimum Gasteiger partial charge on any atom is -0.207 e. The SMILES string of the molecule is Fc1ccc2c(ccc3c4ccccc4cc(-c4ccccc4)c23)c1. The van der Waals surface area contributed by atoms with Gasteiger partial charge < -0.3 is 0 Å². The van der Waals surface area contributed by atoms with Crippen molar-refractivity contribution in [3.05, 3.63) is 96.8 Å². The Morgan fingerprint density at radius 1 is 0.520 bits per heavy atom. The summed E-state index contributed by atoms with van der Waals surface area (Å²) >= 11 is 0. The average Bonchev–Trinajstić information content (AvgIpc) is 2.67. The van der Waals surface area contributed by atoms with Crippen LogP contribution in [-0.4, -0.2) is 0 Å². The molecule has 5 aromatic carbocycles. The van der Waals surface area contributed by atoms with Gasteiger partial charge in [0.1, 0.15) is 5.82 Å². The first-order valence-electron chi connectivity index (χ1n) is 8.40. The molecule has 5 rings (SSSR count). The third-order valence-electron chi connectivity index (χ3n) is 4.89. The molecule has 0 N–H and O–H groups in total. The summed E-state index contributed by atoms with van der Waals surface area (Å²) in [5, 5.41) is 6.85. The quantitative estimate of drug-likeness (QED) is 0.293. The van der Waals surface area contributed by atoms with Crippen LogP contribution >= 0.6 is 0 Å². The summed E-state index contributed by atoms with van der Waals surface area (Å²) in [6, 6.07) is 30.3. The lowest BCUT2D eigenvalue weighted by Gasteiger charge is -2.14. The molecule has 0 aliphatic carbocycles. The van der Waals surface area contributed by atoms with Crippen molar-refractivity contribution in [2.75, 3.05) is 0 Å². The molecule has 0 heterocycles. The first-order valence-corrected chi connectivity index (χ1v) is 8.40. The lowest BCUT2D eigenvalue weighted by molar-refractivity contribution is 0.630. The van der Waals surface area contributed by atoms with Crippen LogP contribution in [-0.2, 0) is 0 Å². The third kappa shape index (κ3) is 2.20. The standard InChI is InChI=1S/C24H15F/c25-19-11-13-21-18(14-19)10-12-22-20-9-5-4-8-17(20)15-23(24(21)22)16-6-2-1-3-7-16/h1-15H. The molecular weight excluding hydrogens is 307 g/mol. The van der Waals surface area contributed by atoms with Crippen LogP contribution in [0.1, 0.15) is 0 Å². The van der Waals surface area contributed by atoms with Crippen LogP contribution in [0.3, 0.4) is 0 Å². The van der Waals surface area contributed by atoms with E-state index in [0.29, 0.717) is 0 Å². The summed E-state index contributed by atoms with van der Waals surface area (Å²) in [6.45, 7) is 0. The maximum Gasteiger partial charge on any atom is 0.123 e. The van der Waals surface area contributed by atoms with Crippen molar-refractivity contribution in [2.45, 2.75) is 0 Å². The molecule has 0 amide bonds. The average molecular weight is 322 g/mol. The fourth-order valence-corrected chi connectivity index (χ4v) is 3.76. The molecule has 0 radical (unpaired) electrons. The Bertz CT molecular complexity index is 1240. The second kappa shape index (κ2) is 5.42. The van der Waals surface area contributed by atoms with Gasteiger partial charge in [-0.2, -0.15) is 0 Å². The van der Waals surface area contributed by atoms with Crippen molar-refractivity contribution >= 4 is 32.3 Å². The normalized spacial score (nSPS) is 11.4. The Kier molecular flexibility index (Phi) is 3.07. The van der Waals surface area contributed by atoms with E-state index in [2.05, 4.69) is 60.7 Å². The molecule has 0 aromatic heterocycles. The topological polar surface area (TPSA) is 0 Å². The largest absolute Gasteiger partial charge is 0.207 e. The molecule has 118 valence electrons. The van der Waals surface area contributed by atoms with E-state index in [1.54, 1.807) is 12.1 Å². The van der Waals surface area contributed by atoms with Crippen molar-refractivity contribution in [1.82, 2.24) is 0 Å². The van der Waals surface area contributed by atoms with Crippen LogP contribution in [0.15, 0.2) is 91.0 Å². The summed E-state index contributed by atoms with van der Waals surface area (Å²) in [4.78, 5) is 0. The van der Waals surface area contributed by atoms with Crippen LogP contribution in [0, 0.1) is 5.82 Å². The van der Waals surface area contributed by atoms with Gasteiger partial charge in [-0.25, -0.2) is 4.39 Å². The van der Waals surface area contributed by atoms with Gasteiger partial charge in [0.25, 0.3) is 0 Å². The fraction of sp³-hybridized carbons (Fsp3) is 0. The van der Waals surface area contributed by atoms with E-state index in [9.17, 15) is 4.39 Å². The molecule has 1 heteroatoms. The smallest absolute Gasteiger partial charge is 0.123 e. The van der Waals surface area contributed by atoms with E-state index in [4.69, 9.17) is 0 Å². The zero-order valence-electron chi connectivity index (χ0n) is 13.5. The van der Waals surface area contributed by atoms with E-state index in [1.165, 1.54) is 32.7 Å². The molecular formula is C24H15F. The zero-order chi connectivity index (χ0) is 16.8. The number of hydrogen-bond donors (Lipinski definition) is 0. The van der Waals surface area contributed by atoms with Gasteiger partial charge in [0.05, 0.1) is 0 Å². The lowest BCUT2D eigenvalue weighted by Crippen LogP contribution is -1.87. The number of rotatable bonds is 1. The monoisotopic (exact) mass is 322 g/mol. The fourth-order valence-electron chi connectivity index (χ4n) is 3.76. The van der Waals surface area contributed by atoms with Gasteiger partial charge in [-0.15, -0.1) is 0 Å². The molecule has 0 unspecified atom stereocenters. The Morgan fingerprint density at radius 3 is 2.12 bits per heavy atom. The predicted molar refractivity (Wildman–Crippen MR) is 104 cm³/mol. The van der Waals surface area contributed by atoms with Gasteiger partial charge in [0.2, 0.25) is 0 Å². The summed E-state index contributed by atoms with van der Waals surface area (Å²) in [7, 11) is 0.